The summed E-state index contributed by atoms with van der Waals surface area (Å²) in [6.45, 7) is 2.78. The first-order valence-electron chi connectivity index (χ1n) is 5.71. The predicted octanol–water partition coefficient (Wildman–Crippen LogP) is 2.13. The lowest BCUT2D eigenvalue weighted by molar-refractivity contribution is 0.128. The summed E-state index contributed by atoms with van der Waals surface area (Å²) in [4.78, 5) is 16.7. The van der Waals surface area contributed by atoms with E-state index < -0.39 is 0 Å². The van der Waals surface area contributed by atoms with E-state index in [0.717, 1.165) is 0 Å². The van der Waals surface area contributed by atoms with Gasteiger partial charge in [-0.2, -0.15) is 0 Å². The molecule has 0 radical (unpaired) electrons. The highest BCUT2D eigenvalue weighted by molar-refractivity contribution is 6.29. The minimum atomic E-state index is 0.298. The molecule has 0 spiro atoms. The third-order valence-corrected chi connectivity index (χ3v) is 2.47. The zero-order valence-electron chi connectivity index (χ0n) is 10.6. The monoisotopic (exact) mass is 280 g/mol. The fourth-order valence-electron chi connectivity index (χ4n) is 1.49. The molecule has 2 rings (SSSR count). The lowest BCUT2D eigenvalue weighted by Crippen LogP contribution is -2.02. The largest absolute Gasteiger partial charge is 0.479 e. The molecule has 0 amide bonds. The van der Waals surface area contributed by atoms with E-state index in [1.807, 2.05) is 6.92 Å². The smallest absolute Gasteiger partial charge is 0.241 e. The Kier molecular flexibility index (Phi) is 4.59. The van der Waals surface area contributed by atoms with Crippen LogP contribution in [0.2, 0.25) is 5.15 Å². The molecular formula is C12H13ClN4O2. The van der Waals surface area contributed by atoms with Crippen molar-refractivity contribution in [3.05, 3.63) is 29.4 Å². The molecule has 0 aliphatic rings. The van der Waals surface area contributed by atoms with E-state index in [9.17, 15) is 0 Å². The average molecular weight is 281 g/mol. The number of ether oxygens (including phenoxy) is 2. The zero-order valence-corrected chi connectivity index (χ0v) is 11.4. The fourth-order valence-corrected chi connectivity index (χ4v) is 1.70. The highest BCUT2D eigenvalue weighted by atomic mass is 35.5. The number of halogens is 1. The summed E-state index contributed by atoms with van der Waals surface area (Å²) in [5, 5.41) is 0.326. The number of nitrogens with zero attached hydrogens (tertiary/aromatic N) is 4. The van der Waals surface area contributed by atoms with Gasteiger partial charge in [0.2, 0.25) is 5.88 Å². The van der Waals surface area contributed by atoms with Crippen molar-refractivity contribution >= 4 is 11.6 Å². The highest BCUT2D eigenvalue weighted by Gasteiger charge is 2.12. The van der Waals surface area contributed by atoms with E-state index in [1.54, 1.807) is 18.5 Å². The van der Waals surface area contributed by atoms with Gasteiger partial charge in [-0.05, 0) is 6.92 Å². The Morgan fingerprint density at radius 3 is 2.74 bits per heavy atom. The summed E-state index contributed by atoms with van der Waals surface area (Å²) in [6.07, 6.45) is 3.11. The van der Waals surface area contributed by atoms with Gasteiger partial charge >= 0.3 is 0 Å². The normalized spacial score (nSPS) is 10.5. The van der Waals surface area contributed by atoms with Crippen molar-refractivity contribution in [3.63, 3.8) is 0 Å². The van der Waals surface area contributed by atoms with Crippen molar-refractivity contribution < 1.29 is 9.47 Å². The molecule has 0 N–H and O–H groups in total. The van der Waals surface area contributed by atoms with Crippen molar-refractivity contribution in [1.29, 1.82) is 0 Å². The molecule has 6 nitrogen and oxygen atoms in total. The Labute approximate surface area is 115 Å². The summed E-state index contributed by atoms with van der Waals surface area (Å²) in [5.74, 6) is 0.886. The van der Waals surface area contributed by atoms with E-state index in [4.69, 9.17) is 21.1 Å². The van der Waals surface area contributed by atoms with Gasteiger partial charge in [0.05, 0.1) is 12.8 Å². The van der Waals surface area contributed by atoms with Crippen LogP contribution in [0.1, 0.15) is 12.7 Å². The second kappa shape index (κ2) is 6.40. The van der Waals surface area contributed by atoms with Crippen LogP contribution in [0.15, 0.2) is 18.5 Å². The standard InChI is InChI=1S/C12H13ClN4O2/c1-3-19-7-10-16-8(6-9(13)17-10)11-12(18-2)15-5-4-14-11/h4-6H,3,7H2,1-2H3. The fraction of sp³-hybridized carbons (Fsp3) is 0.333. The summed E-state index contributed by atoms with van der Waals surface area (Å²) < 4.78 is 10.4. The summed E-state index contributed by atoms with van der Waals surface area (Å²) in [5.41, 5.74) is 1.08. The van der Waals surface area contributed by atoms with Crippen LogP contribution in [0, 0.1) is 0 Å². The van der Waals surface area contributed by atoms with Gasteiger partial charge in [0, 0.05) is 25.1 Å². The first-order valence-corrected chi connectivity index (χ1v) is 6.09. The second-order valence-corrected chi connectivity index (χ2v) is 3.93. The summed E-state index contributed by atoms with van der Waals surface area (Å²) >= 11 is 5.98. The van der Waals surface area contributed by atoms with Gasteiger partial charge in [0.1, 0.15) is 11.8 Å². The van der Waals surface area contributed by atoms with E-state index in [1.165, 1.54) is 7.11 Å². The van der Waals surface area contributed by atoms with Crippen molar-refractivity contribution in [3.8, 4) is 17.3 Å². The number of rotatable bonds is 5. The lowest BCUT2D eigenvalue weighted by Gasteiger charge is -2.07. The van der Waals surface area contributed by atoms with Crippen LogP contribution in [0.4, 0.5) is 0 Å². The minimum absolute atomic E-state index is 0.298. The quantitative estimate of drug-likeness (QED) is 0.782. The number of methoxy groups -OCH3 is 1. The zero-order chi connectivity index (χ0) is 13.7. The van der Waals surface area contributed by atoms with Crippen LogP contribution in [0.3, 0.4) is 0 Å². The van der Waals surface area contributed by atoms with E-state index in [0.29, 0.717) is 41.5 Å². The first-order chi connectivity index (χ1) is 9.24. The van der Waals surface area contributed by atoms with Gasteiger partial charge in [-0.25, -0.2) is 19.9 Å². The molecule has 7 heteroatoms. The van der Waals surface area contributed by atoms with Crippen molar-refractivity contribution in [1.82, 2.24) is 19.9 Å². The maximum atomic E-state index is 5.98. The third-order valence-electron chi connectivity index (χ3n) is 2.28. The van der Waals surface area contributed by atoms with Gasteiger partial charge < -0.3 is 9.47 Å². The van der Waals surface area contributed by atoms with Crippen LogP contribution in [0.25, 0.3) is 11.4 Å². The number of aromatic nitrogens is 4. The molecule has 0 aliphatic heterocycles. The maximum Gasteiger partial charge on any atom is 0.241 e. The Morgan fingerprint density at radius 1 is 1.21 bits per heavy atom. The van der Waals surface area contributed by atoms with Crippen LogP contribution < -0.4 is 4.74 Å². The molecule has 0 atom stereocenters. The molecule has 0 fully saturated rings. The molecule has 0 saturated carbocycles. The molecule has 100 valence electrons. The maximum absolute atomic E-state index is 5.98. The SMILES string of the molecule is CCOCc1nc(Cl)cc(-c2nccnc2OC)n1. The highest BCUT2D eigenvalue weighted by Crippen LogP contribution is 2.25. The second-order valence-electron chi connectivity index (χ2n) is 3.54. The van der Waals surface area contributed by atoms with Crippen LogP contribution >= 0.6 is 11.6 Å². The molecular weight excluding hydrogens is 268 g/mol. The molecule has 2 aromatic heterocycles. The van der Waals surface area contributed by atoms with Crippen LogP contribution in [0.5, 0.6) is 5.88 Å². The van der Waals surface area contributed by atoms with Gasteiger partial charge in [-0.15, -0.1) is 0 Å². The molecule has 0 aliphatic carbocycles. The lowest BCUT2D eigenvalue weighted by atomic mass is 10.3. The molecule has 2 aromatic rings. The molecule has 0 aromatic carbocycles. The Morgan fingerprint density at radius 2 is 2.00 bits per heavy atom. The molecule has 19 heavy (non-hydrogen) atoms. The van der Waals surface area contributed by atoms with Crippen LogP contribution in [-0.4, -0.2) is 33.7 Å². The molecule has 0 saturated heterocycles. The van der Waals surface area contributed by atoms with Gasteiger partial charge in [0.25, 0.3) is 0 Å². The van der Waals surface area contributed by atoms with Crippen LogP contribution in [-0.2, 0) is 11.3 Å². The van der Waals surface area contributed by atoms with Gasteiger partial charge in [-0.3, -0.25) is 0 Å². The summed E-state index contributed by atoms with van der Waals surface area (Å²) in [6, 6.07) is 1.61. The molecule has 2 heterocycles. The third kappa shape index (κ3) is 3.36. The van der Waals surface area contributed by atoms with E-state index in [2.05, 4.69) is 19.9 Å². The average Bonchev–Trinajstić information content (AvgIpc) is 2.44. The van der Waals surface area contributed by atoms with E-state index >= 15 is 0 Å². The Bertz CT molecular complexity index is 565. The first kappa shape index (κ1) is 13.6. The van der Waals surface area contributed by atoms with Crippen molar-refractivity contribution in [2.24, 2.45) is 0 Å². The Hall–Kier alpha value is -1.79. The molecule has 0 unspecified atom stereocenters. The summed E-state index contributed by atoms with van der Waals surface area (Å²) in [7, 11) is 1.53. The predicted molar refractivity (Wildman–Crippen MR) is 70.0 cm³/mol. The minimum Gasteiger partial charge on any atom is -0.479 e. The van der Waals surface area contributed by atoms with E-state index in [-0.39, 0.29) is 0 Å². The number of hydrogen-bond donors (Lipinski definition) is 0. The van der Waals surface area contributed by atoms with Gasteiger partial charge in [-0.1, -0.05) is 11.6 Å². The van der Waals surface area contributed by atoms with Gasteiger partial charge in [0.15, 0.2) is 11.5 Å². The number of hydrogen-bond acceptors (Lipinski definition) is 6. The Balaban J connectivity index is 2.41. The van der Waals surface area contributed by atoms with Crippen molar-refractivity contribution in [2.45, 2.75) is 13.5 Å². The molecule has 0 bridgehead atoms. The van der Waals surface area contributed by atoms with Crippen molar-refractivity contribution in [2.75, 3.05) is 13.7 Å². The topological polar surface area (TPSA) is 70.0 Å².